The molecule has 4 aromatic rings. The van der Waals surface area contributed by atoms with Crippen LogP contribution in [-0.2, 0) is 6.54 Å². The molecule has 0 atom stereocenters. The van der Waals surface area contributed by atoms with Crippen LogP contribution in [0, 0.1) is 0 Å². The van der Waals surface area contributed by atoms with E-state index in [1.54, 1.807) is 0 Å². The third-order valence-corrected chi connectivity index (χ3v) is 6.40. The lowest BCUT2D eigenvalue weighted by molar-refractivity contribution is 0.247. The summed E-state index contributed by atoms with van der Waals surface area (Å²) in [6, 6.07) is 28.8. The highest BCUT2D eigenvalue weighted by atomic mass is 35.5. The number of anilines is 1. The molecule has 0 spiro atoms. The Kier molecular flexibility index (Phi) is 6.70. The van der Waals surface area contributed by atoms with E-state index >= 15 is 0 Å². The van der Waals surface area contributed by atoms with Gasteiger partial charge in [0.2, 0.25) is 0 Å². The van der Waals surface area contributed by atoms with Crippen LogP contribution in [0.2, 0.25) is 5.02 Å². The van der Waals surface area contributed by atoms with Gasteiger partial charge in [0, 0.05) is 54.6 Å². The van der Waals surface area contributed by atoms with Crippen LogP contribution in [0.5, 0.6) is 0 Å². The molecule has 2 heterocycles. The first-order valence-corrected chi connectivity index (χ1v) is 11.9. The van der Waals surface area contributed by atoms with E-state index in [4.69, 9.17) is 21.8 Å². The van der Waals surface area contributed by atoms with Crippen molar-refractivity contribution in [1.29, 1.82) is 0 Å². The summed E-state index contributed by atoms with van der Waals surface area (Å²) in [6.07, 6.45) is 1.02. The summed E-state index contributed by atoms with van der Waals surface area (Å²) in [5, 5.41) is 10.4. The summed E-state index contributed by atoms with van der Waals surface area (Å²) in [6.45, 7) is 6.18. The molecule has 1 aromatic heterocycles. The molecule has 5 rings (SSSR count). The number of hydrogen-bond donors (Lipinski definition) is 0. The highest BCUT2D eigenvalue weighted by molar-refractivity contribution is 6.30. The lowest BCUT2D eigenvalue weighted by Crippen LogP contribution is -2.46. The van der Waals surface area contributed by atoms with Gasteiger partial charge < -0.3 is 4.90 Å². The van der Waals surface area contributed by atoms with Gasteiger partial charge in [0.1, 0.15) is 11.4 Å². The summed E-state index contributed by atoms with van der Waals surface area (Å²) < 4.78 is 0. The van der Waals surface area contributed by atoms with E-state index in [-0.39, 0.29) is 0 Å². The lowest BCUT2D eigenvalue weighted by atomic mass is 10.1. The van der Waals surface area contributed by atoms with E-state index in [0.717, 1.165) is 73.2 Å². The fourth-order valence-corrected chi connectivity index (χ4v) is 4.47. The van der Waals surface area contributed by atoms with E-state index in [1.165, 1.54) is 5.69 Å². The van der Waals surface area contributed by atoms with Crippen LogP contribution in [-0.4, -0.2) is 52.6 Å². The predicted octanol–water partition coefficient (Wildman–Crippen LogP) is 5.48. The third-order valence-electron chi connectivity index (χ3n) is 6.15. The Balaban J connectivity index is 1.23. The van der Waals surface area contributed by atoms with E-state index in [2.05, 4.69) is 52.3 Å². The average molecular weight is 458 g/mol. The number of nitrogens with zero attached hydrogens (tertiary/aromatic N) is 5. The van der Waals surface area contributed by atoms with Crippen molar-refractivity contribution in [2.24, 2.45) is 0 Å². The standard InChI is InChI=1S/C27H28ClN5/c28-24-14-12-23(13-15-24)27-26(22-8-3-1-4-9-22)29-33(30-27)17-7-16-31-18-20-32(21-19-31)25-10-5-2-6-11-25/h1-6,8-15H,7,16-21H2. The van der Waals surface area contributed by atoms with Gasteiger partial charge in [-0.15, -0.1) is 0 Å². The molecule has 33 heavy (non-hydrogen) atoms. The molecule has 0 aliphatic carbocycles. The molecule has 168 valence electrons. The van der Waals surface area contributed by atoms with Crippen LogP contribution in [0.4, 0.5) is 5.69 Å². The fourth-order valence-electron chi connectivity index (χ4n) is 4.34. The number of aromatic nitrogens is 3. The minimum absolute atomic E-state index is 0.722. The Morgan fingerprint density at radius 1 is 0.636 bits per heavy atom. The molecule has 5 nitrogen and oxygen atoms in total. The van der Waals surface area contributed by atoms with E-state index in [1.807, 2.05) is 47.3 Å². The first-order valence-electron chi connectivity index (χ1n) is 11.5. The highest BCUT2D eigenvalue weighted by Crippen LogP contribution is 2.29. The molecule has 1 aliphatic heterocycles. The Bertz CT molecular complexity index is 1150. The van der Waals surface area contributed by atoms with Crippen LogP contribution in [0.1, 0.15) is 6.42 Å². The molecule has 3 aromatic carbocycles. The van der Waals surface area contributed by atoms with Gasteiger partial charge in [-0.25, -0.2) is 0 Å². The molecule has 1 fully saturated rings. The minimum Gasteiger partial charge on any atom is -0.369 e. The smallest absolute Gasteiger partial charge is 0.121 e. The van der Waals surface area contributed by atoms with Crippen molar-refractivity contribution in [1.82, 2.24) is 19.9 Å². The first kappa shape index (κ1) is 21.7. The maximum atomic E-state index is 6.10. The molecule has 6 heteroatoms. The zero-order valence-corrected chi connectivity index (χ0v) is 19.4. The van der Waals surface area contributed by atoms with Crippen molar-refractivity contribution in [2.45, 2.75) is 13.0 Å². The van der Waals surface area contributed by atoms with Crippen LogP contribution in [0.25, 0.3) is 22.5 Å². The minimum atomic E-state index is 0.722. The van der Waals surface area contributed by atoms with Gasteiger partial charge in [0.15, 0.2) is 0 Å². The second-order valence-corrected chi connectivity index (χ2v) is 8.82. The number of para-hydroxylation sites is 1. The van der Waals surface area contributed by atoms with Gasteiger partial charge in [0.25, 0.3) is 0 Å². The number of benzene rings is 3. The van der Waals surface area contributed by atoms with Gasteiger partial charge in [-0.05, 0) is 30.7 Å². The summed E-state index contributed by atoms with van der Waals surface area (Å²) in [5.74, 6) is 0. The monoisotopic (exact) mass is 457 g/mol. The van der Waals surface area contributed by atoms with Gasteiger partial charge >= 0.3 is 0 Å². The zero-order chi connectivity index (χ0) is 22.5. The molecule has 0 amide bonds. The molecule has 1 saturated heterocycles. The second-order valence-electron chi connectivity index (χ2n) is 8.38. The van der Waals surface area contributed by atoms with Gasteiger partial charge in [-0.1, -0.05) is 72.3 Å². The maximum Gasteiger partial charge on any atom is 0.121 e. The van der Waals surface area contributed by atoms with Crippen molar-refractivity contribution in [3.63, 3.8) is 0 Å². The summed E-state index contributed by atoms with van der Waals surface area (Å²) in [5.41, 5.74) is 5.23. The predicted molar refractivity (Wildman–Crippen MR) is 136 cm³/mol. The summed E-state index contributed by atoms with van der Waals surface area (Å²) in [4.78, 5) is 6.86. The molecular weight excluding hydrogens is 430 g/mol. The number of hydrogen-bond acceptors (Lipinski definition) is 4. The lowest BCUT2D eigenvalue weighted by Gasteiger charge is -2.36. The van der Waals surface area contributed by atoms with Gasteiger partial charge in [-0.2, -0.15) is 15.0 Å². The molecule has 0 saturated carbocycles. The van der Waals surface area contributed by atoms with Crippen molar-refractivity contribution in [3.8, 4) is 22.5 Å². The van der Waals surface area contributed by atoms with E-state index < -0.39 is 0 Å². The van der Waals surface area contributed by atoms with Crippen molar-refractivity contribution < 1.29 is 0 Å². The van der Waals surface area contributed by atoms with Gasteiger partial charge in [-0.3, -0.25) is 4.90 Å². The molecule has 0 radical (unpaired) electrons. The average Bonchev–Trinajstić information content (AvgIpc) is 3.30. The number of aryl methyl sites for hydroxylation is 1. The zero-order valence-electron chi connectivity index (χ0n) is 18.6. The second kappa shape index (κ2) is 10.2. The third kappa shape index (κ3) is 5.27. The number of piperazine rings is 1. The summed E-state index contributed by atoms with van der Waals surface area (Å²) >= 11 is 6.10. The number of rotatable bonds is 7. The number of halogens is 1. The largest absolute Gasteiger partial charge is 0.369 e. The van der Waals surface area contributed by atoms with Gasteiger partial charge in [0.05, 0.1) is 6.54 Å². The van der Waals surface area contributed by atoms with E-state index in [9.17, 15) is 0 Å². The molecule has 1 aliphatic rings. The summed E-state index contributed by atoms with van der Waals surface area (Å²) in [7, 11) is 0. The Labute approximate surface area is 200 Å². The quantitative estimate of drug-likeness (QED) is 0.368. The van der Waals surface area contributed by atoms with Crippen LogP contribution in [0.3, 0.4) is 0 Å². The first-order chi connectivity index (χ1) is 16.3. The normalized spacial score (nSPS) is 14.5. The van der Waals surface area contributed by atoms with Crippen LogP contribution in [0.15, 0.2) is 84.9 Å². The van der Waals surface area contributed by atoms with Crippen LogP contribution < -0.4 is 4.90 Å². The molecule has 0 bridgehead atoms. The fraction of sp³-hybridized carbons (Fsp3) is 0.259. The van der Waals surface area contributed by atoms with Crippen LogP contribution >= 0.6 is 11.6 Å². The Morgan fingerprint density at radius 2 is 1.21 bits per heavy atom. The highest BCUT2D eigenvalue weighted by Gasteiger charge is 2.18. The molecule has 0 unspecified atom stereocenters. The SMILES string of the molecule is Clc1ccc(-c2nn(CCCN3CCN(c4ccccc4)CC3)nc2-c2ccccc2)cc1. The van der Waals surface area contributed by atoms with Crippen molar-refractivity contribution >= 4 is 17.3 Å². The molecule has 0 N–H and O–H groups in total. The Hall–Kier alpha value is -3.15. The van der Waals surface area contributed by atoms with Crippen molar-refractivity contribution in [2.75, 3.05) is 37.6 Å². The topological polar surface area (TPSA) is 37.2 Å². The van der Waals surface area contributed by atoms with E-state index in [0.29, 0.717) is 0 Å². The van der Waals surface area contributed by atoms with Crippen molar-refractivity contribution in [3.05, 3.63) is 90.0 Å². The Morgan fingerprint density at radius 3 is 1.85 bits per heavy atom. The maximum absolute atomic E-state index is 6.10. The molecular formula is C27H28ClN5.